The fourth-order valence-corrected chi connectivity index (χ4v) is 3.75. The molecule has 6 nitrogen and oxygen atoms in total. The molecule has 1 aliphatic heterocycles. The van der Waals surface area contributed by atoms with E-state index in [4.69, 9.17) is 0 Å². The lowest BCUT2D eigenvalue weighted by atomic mass is 9.78. The molecular weight excluding hydrogens is 292 g/mol. The van der Waals surface area contributed by atoms with Crippen molar-refractivity contribution in [1.82, 2.24) is 20.5 Å². The van der Waals surface area contributed by atoms with Gasteiger partial charge in [0.25, 0.3) is 0 Å². The second-order valence-electron chi connectivity index (χ2n) is 6.64. The van der Waals surface area contributed by atoms with E-state index in [1.807, 2.05) is 24.1 Å². The maximum atomic E-state index is 12.0. The third-order valence-corrected chi connectivity index (χ3v) is 5.32. The zero-order valence-electron chi connectivity index (χ0n) is 13.5. The average Bonchev–Trinajstić information content (AvgIpc) is 2.85. The summed E-state index contributed by atoms with van der Waals surface area (Å²) in [4.78, 5) is 29.7. The largest absolute Gasteiger partial charge is 0.340 e. The number of urea groups is 1. The number of likely N-dealkylation sites (tertiary alicyclic amines) is 1. The number of nitrogens with zero attached hydrogens (tertiary/aromatic N) is 2. The first-order valence-electron chi connectivity index (χ1n) is 8.29. The van der Waals surface area contributed by atoms with Crippen LogP contribution in [-0.4, -0.2) is 40.5 Å². The van der Waals surface area contributed by atoms with Crippen molar-refractivity contribution in [1.29, 1.82) is 0 Å². The third kappa shape index (κ3) is 3.46. The summed E-state index contributed by atoms with van der Waals surface area (Å²) in [5, 5.41) is 5.92. The Morgan fingerprint density at radius 1 is 1.39 bits per heavy atom. The molecule has 1 saturated carbocycles. The first kappa shape index (κ1) is 15.8. The lowest BCUT2D eigenvalue weighted by molar-refractivity contribution is -0.130. The van der Waals surface area contributed by atoms with Crippen molar-refractivity contribution in [3.8, 4) is 0 Å². The number of carbonyl (C=O) groups excluding carboxylic acids is 2. The number of rotatable bonds is 3. The molecule has 3 rings (SSSR count). The van der Waals surface area contributed by atoms with Crippen LogP contribution in [0.1, 0.15) is 44.1 Å². The second-order valence-corrected chi connectivity index (χ2v) is 6.64. The Bertz CT molecular complexity index is 567. The topological polar surface area (TPSA) is 74.3 Å². The molecule has 1 aromatic heterocycles. The minimum absolute atomic E-state index is 0.0431. The molecule has 2 N–H and O–H groups in total. The van der Waals surface area contributed by atoms with E-state index in [0.717, 1.165) is 37.7 Å². The number of nitrogens with one attached hydrogen (secondary N) is 2. The van der Waals surface area contributed by atoms with E-state index in [1.54, 1.807) is 12.4 Å². The van der Waals surface area contributed by atoms with Gasteiger partial charge >= 0.3 is 6.03 Å². The molecule has 3 amide bonds. The number of carbonyl (C=O) groups is 2. The van der Waals surface area contributed by atoms with Crippen molar-refractivity contribution in [2.75, 3.05) is 7.05 Å². The SMILES string of the molecule is CN1C(=O)CCC12CCC(NC(=O)NCc1cccnc1)CC2. The van der Waals surface area contributed by atoms with Crippen LogP contribution in [0, 0.1) is 0 Å². The van der Waals surface area contributed by atoms with Gasteiger partial charge in [0.1, 0.15) is 0 Å². The van der Waals surface area contributed by atoms with Gasteiger partial charge in [-0.25, -0.2) is 4.79 Å². The predicted molar refractivity (Wildman–Crippen MR) is 86.6 cm³/mol. The van der Waals surface area contributed by atoms with Gasteiger partial charge in [-0.1, -0.05) is 6.07 Å². The second kappa shape index (κ2) is 6.56. The van der Waals surface area contributed by atoms with Gasteiger partial charge in [0, 0.05) is 44.0 Å². The molecule has 1 aromatic rings. The van der Waals surface area contributed by atoms with Gasteiger partial charge in [0.05, 0.1) is 0 Å². The smallest absolute Gasteiger partial charge is 0.315 e. The van der Waals surface area contributed by atoms with Crippen LogP contribution in [0.5, 0.6) is 0 Å². The maximum Gasteiger partial charge on any atom is 0.315 e. The lowest BCUT2D eigenvalue weighted by Crippen LogP contribution is -2.51. The van der Waals surface area contributed by atoms with Gasteiger partial charge < -0.3 is 15.5 Å². The summed E-state index contributed by atoms with van der Waals surface area (Å²) in [6.07, 6.45) is 8.90. The summed E-state index contributed by atoms with van der Waals surface area (Å²) in [7, 11) is 1.92. The van der Waals surface area contributed by atoms with Crippen molar-refractivity contribution in [2.45, 2.75) is 56.7 Å². The number of amides is 3. The van der Waals surface area contributed by atoms with Crippen LogP contribution in [-0.2, 0) is 11.3 Å². The molecule has 2 heterocycles. The molecule has 1 saturated heterocycles. The van der Waals surface area contributed by atoms with Crippen LogP contribution >= 0.6 is 0 Å². The van der Waals surface area contributed by atoms with Crippen molar-refractivity contribution >= 4 is 11.9 Å². The summed E-state index contributed by atoms with van der Waals surface area (Å²) in [6, 6.07) is 3.85. The highest BCUT2D eigenvalue weighted by Crippen LogP contribution is 2.41. The molecule has 0 bridgehead atoms. The summed E-state index contributed by atoms with van der Waals surface area (Å²) >= 11 is 0. The number of aromatic nitrogens is 1. The van der Waals surface area contributed by atoms with Crippen LogP contribution in [0.2, 0.25) is 0 Å². The number of pyridine rings is 1. The van der Waals surface area contributed by atoms with E-state index in [-0.39, 0.29) is 23.5 Å². The highest BCUT2D eigenvalue weighted by Gasteiger charge is 2.45. The van der Waals surface area contributed by atoms with Crippen LogP contribution in [0.3, 0.4) is 0 Å². The Hall–Kier alpha value is -2.11. The highest BCUT2D eigenvalue weighted by atomic mass is 16.2. The van der Waals surface area contributed by atoms with Crippen LogP contribution in [0.4, 0.5) is 4.79 Å². The highest BCUT2D eigenvalue weighted by molar-refractivity contribution is 5.79. The number of hydrogen-bond acceptors (Lipinski definition) is 3. The number of hydrogen-bond donors (Lipinski definition) is 2. The normalized spacial score (nSPS) is 27.3. The van der Waals surface area contributed by atoms with Gasteiger partial charge in [-0.05, 0) is 43.7 Å². The molecular formula is C17H24N4O2. The van der Waals surface area contributed by atoms with Gasteiger partial charge in [-0.3, -0.25) is 9.78 Å². The lowest BCUT2D eigenvalue weighted by Gasteiger charge is -2.42. The van der Waals surface area contributed by atoms with Crippen molar-refractivity contribution < 1.29 is 9.59 Å². The van der Waals surface area contributed by atoms with E-state index in [2.05, 4.69) is 15.6 Å². The summed E-state index contributed by atoms with van der Waals surface area (Å²) in [6.45, 7) is 0.480. The van der Waals surface area contributed by atoms with Gasteiger partial charge in [-0.2, -0.15) is 0 Å². The Balaban J connectivity index is 1.44. The standard InChI is InChI=1S/C17H24N4O2/c1-21-15(22)6-9-17(21)7-4-14(5-8-17)20-16(23)19-12-13-3-2-10-18-11-13/h2-3,10-11,14H,4-9,12H2,1H3,(H2,19,20,23). The predicted octanol–water partition coefficient (Wildman–Crippen LogP) is 1.81. The van der Waals surface area contributed by atoms with Crippen molar-refractivity contribution in [3.63, 3.8) is 0 Å². The van der Waals surface area contributed by atoms with Crippen LogP contribution in [0.15, 0.2) is 24.5 Å². The zero-order valence-corrected chi connectivity index (χ0v) is 13.5. The third-order valence-electron chi connectivity index (χ3n) is 5.32. The molecule has 1 spiro atoms. The quantitative estimate of drug-likeness (QED) is 0.893. The van der Waals surface area contributed by atoms with Crippen molar-refractivity contribution in [2.24, 2.45) is 0 Å². The fourth-order valence-electron chi connectivity index (χ4n) is 3.75. The molecule has 1 aliphatic carbocycles. The Morgan fingerprint density at radius 2 is 2.17 bits per heavy atom. The molecule has 0 aromatic carbocycles. The van der Waals surface area contributed by atoms with Crippen LogP contribution in [0.25, 0.3) is 0 Å². The van der Waals surface area contributed by atoms with Gasteiger partial charge in [-0.15, -0.1) is 0 Å². The van der Waals surface area contributed by atoms with Crippen LogP contribution < -0.4 is 10.6 Å². The molecule has 2 fully saturated rings. The van der Waals surface area contributed by atoms with Gasteiger partial charge in [0.2, 0.25) is 5.91 Å². The first-order chi connectivity index (χ1) is 11.1. The van der Waals surface area contributed by atoms with E-state index in [9.17, 15) is 9.59 Å². The van der Waals surface area contributed by atoms with Gasteiger partial charge in [0.15, 0.2) is 0 Å². The Labute approximate surface area is 136 Å². The van der Waals surface area contributed by atoms with E-state index >= 15 is 0 Å². The Kier molecular flexibility index (Phi) is 4.50. The van der Waals surface area contributed by atoms with Crippen molar-refractivity contribution in [3.05, 3.63) is 30.1 Å². The summed E-state index contributed by atoms with van der Waals surface area (Å²) < 4.78 is 0. The maximum absolute atomic E-state index is 12.0. The molecule has 124 valence electrons. The molecule has 2 aliphatic rings. The molecule has 6 heteroatoms. The van der Waals surface area contributed by atoms with E-state index in [1.165, 1.54) is 0 Å². The molecule has 0 radical (unpaired) electrons. The molecule has 0 unspecified atom stereocenters. The average molecular weight is 316 g/mol. The first-order valence-corrected chi connectivity index (χ1v) is 8.29. The fraction of sp³-hybridized carbons (Fsp3) is 0.588. The molecule has 0 atom stereocenters. The zero-order chi connectivity index (χ0) is 16.3. The Morgan fingerprint density at radius 3 is 2.78 bits per heavy atom. The molecule has 23 heavy (non-hydrogen) atoms. The van der Waals surface area contributed by atoms with E-state index in [0.29, 0.717) is 13.0 Å². The summed E-state index contributed by atoms with van der Waals surface area (Å²) in [5.74, 6) is 0.255. The minimum Gasteiger partial charge on any atom is -0.340 e. The minimum atomic E-state index is -0.134. The summed E-state index contributed by atoms with van der Waals surface area (Å²) in [5.41, 5.74) is 1.03. The van der Waals surface area contributed by atoms with E-state index < -0.39 is 0 Å². The monoisotopic (exact) mass is 316 g/mol.